The highest BCUT2D eigenvalue weighted by molar-refractivity contribution is 6.43. The molecule has 3 aliphatic carbocycles. The molecule has 0 spiro atoms. The Balaban J connectivity index is 1.56. The quantitative estimate of drug-likeness (QED) is 0.164. The Labute approximate surface area is 184 Å². The Morgan fingerprint density at radius 2 is 1.74 bits per heavy atom. The number of rotatable bonds is 10. The smallest absolute Gasteiger partial charge is 0.426 e. The number of nitrogens with zero attached hydrogens (tertiary/aromatic N) is 1. The number of unbranched alkanes of at least 4 members (excludes halogenated alkanes) is 1. The lowest BCUT2D eigenvalue weighted by Gasteiger charge is -2.53. The van der Waals surface area contributed by atoms with Crippen LogP contribution in [0.3, 0.4) is 0 Å². The number of amides is 1. The van der Waals surface area contributed by atoms with E-state index in [2.05, 4.69) is 22.4 Å². The summed E-state index contributed by atoms with van der Waals surface area (Å²) in [5.74, 6) is -1.02. The Morgan fingerprint density at radius 1 is 1.13 bits per heavy atom. The Morgan fingerprint density at radius 3 is 2.26 bits per heavy atom. The molecule has 0 saturated heterocycles. The van der Waals surface area contributed by atoms with Crippen molar-refractivity contribution in [1.82, 2.24) is 5.32 Å². The van der Waals surface area contributed by atoms with E-state index >= 15 is 0 Å². The van der Waals surface area contributed by atoms with Gasteiger partial charge in [0.1, 0.15) is 0 Å². The molecule has 4 rings (SSSR count). The summed E-state index contributed by atoms with van der Waals surface area (Å²) in [7, 11) is 0.197. The van der Waals surface area contributed by atoms with Crippen LogP contribution >= 0.6 is 0 Å². The Kier molecular flexibility index (Phi) is 7.62. The van der Waals surface area contributed by atoms with Gasteiger partial charge in [-0.05, 0) is 74.5 Å². The van der Waals surface area contributed by atoms with E-state index in [4.69, 9.17) is 16.2 Å². The molecule has 31 heavy (non-hydrogen) atoms. The highest BCUT2D eigenvalue weighted by atomic mass is 16.5. The lowest BCUT2D eigenvalue weighted by atomic mass is 9.56. The molecule has 2 bridgehead atoms. The molecule has 0 radical (unpaired) electrons. The van der Waals surface area contributed by atoms with Crippen LogP contribution in [0.1, 0.15) is 73.7 Å². The highest BCUT2D eigenvalue weighted by Crippen LogP contribution is 2.54. The second-order valence-electron chi connectivity index (χ2n) is 9.04. The van der Waals surface area contributed by atoms with E-state index in [0.717, 1.165) is 38.5 Å². The summed E-state index contributed by atoms with van der Waals surface area (Å²) in [5, 5.41) is 22.0. The zero-order valence-corrected chi connectivity index (χ0v) is 18.3. The van der Waals surface area contributed by atoms with Gasteiger partial charge in [-0.1, -0.05) is 18.6 Å². The van der Waals surface area contributed by atoms with Crippen molar-refractivity contribution in [2.75, 3.05) is 13.7 Å². The summed E-state index contributed by atoms with van der Waals surface area (Å²) < 4.78 is 5.79. The van der Waals surface area contributed by atoms with Gasteiger partial charge >= 0.3 is 7.12 Å². The van der Waals surface area contributed by atoms with Gasteiger partial charge < -0.3 is 31.6 Å². The number of aliphatic imine (C=N–C) groups is 1. The van der Waals surface area contributed by atoms with Crippen LogP contribution in [-0.2, 0) is 10.2 Å². The predicted octanol–water partition coefficient (Wildman–Crippen LogP) is 1.23. The zero-order chi connectivity index (χ0) is 22.5. The SMILES string of the molecule is COC12CCC(c3ccc(C(=O)NC(CCCCN=C(N)N)B(O)O)cc3)(CC1)CC2. The average Bonchev–Trinajstić information content (AvgIpc) is 2.79. The number of guanidine groups is 1. The van der Waals surface area contributed by atoms with Crippen LogP contribution in [0.5, 0.6) is 0 Å². The normalized spacial score (nSPS) is 25.6. The van der Waals surface area contributed by atoms with Gasteiger partial charge in [0.25, 0.3) is 5.91 Å². The molecule has 3 aliphatic rings. The molecule has 1 aromatic rings. The van der Waals surface area contributed by atoms with Crippen molar-refractivity contribution in [2.24, 2.45) is 16.5 Å². The third-order valence-corrected chi connectivity index (χ3v) is 7.26. The van der Waals surface area contributed by atoms with E-state index in [1.165, 1.54) is 5.56 Å². The van der Waals surface area contributed by atoms with Crippen LogP contribution in [-0.4, -0.2) is 54.2 Å². The van der Waals surface area contributed by atoms with E-state index in [1.807, 2.05) is 19.2 Å². The van der Waals surface area contributed by atoms with Crippen molar-refractivity contribution in [3.8, 4) is 0 Å². The van der Waals surface area contributed by atoms with Crippen LogP contribution < -0.4 is 16.8 Å². The van der Waals surface area contributed by atoms with Gasteiger partial charge in [0.05, 0.1) is 11.5 Å². The minimum Gasteiger partial charge on any atom is -0.426 e. The number of nitrogens with two attached hydrogens (primary N) is 2. The molecule has 9 heteroatoms. The van der Waals surface area contributed by atoms with Crippen molar-refractivity contribution < 1.29 is 19.6 Å². The van der Waals surface area contributed by atoms with E-state index in [9.17, 15) is 14.8 Å². The zero-order valence-electron chi connectivity index (χ0n) is 18.3. The van der Waals surface area contributed by atoms with Gasteiger partial charge in [0, 0.05) is 19.2 Å². The van der Waals surface area contributed by atoms with Crippen molar-refractivity contribution in [3.05, 3.63) is 35.4 Å². The van der Waals surface area contributed by atoms with E-state index < -0.39 is 13.1 Å². The average molecular weight is 430 g/mol. The summed E-state index contributed by atoms with van der Waals surface area (Å²) in [6.07, 6.45) is 8.38. The van der Waals surface area contributed by atoms with Crippen molar-refractivity contribution in [1.29, 1.82) is 0 Å². The second-order valence-corrected chi connectivity index (χ2v) is 9.04. The molecule has 170 valence electrons. The van der Waals surface area contributed by atoms with Gasteiger partial charge in [0.2, 0.25) is 0 Å². The monoisotopic (exact) mass is 430 g/mol. The van der Waals surface area contributed by atoms with Gasteiger partial charge in [-0.15, -0.1) is 0 Å². The molecule has 0 aromatic heterocycles. The topological polar surface area (TPSA) is 143 Å². The molecule has 3 saturated carbocycles. The third-order valence-electron chi connectivity index (χ3n) is 7.26. The molecule has 1 unspecified atom stereocenters. The van der Waals surface area contributed by atoms with Gasteiger partial charge in [0.15, 0.2) is 5.96 Å². The number of fused-ring (bicyclic) bond motifs is 3. The summed E-state index contributed by atoms with van der Waals surface area (Å²) in [5.41, 5.74) is 12.6. The fraction of sp³-hybridized carbons (Fsp3) is 0.636. The number of nitrogens with one attached hydrogen (secondary N) is 1. The molecule has 7 N–H and O–H groups in total. The summed E-state index contributed by atoms with van der Waals surface area (Å²) in [6.45, 7) is 0.471. The van der Waals surface area contributed by atoms with E-state index in [-0.39, 0.29) is 22.9 Å². The summed E-state index contributed by atoms with van der Waals surface area (Å²) in [4.78, 5) is 16.6. The number of methoxy groups -OCH3 is 1. The second kappa shape index (κ2) is 10.0. The number of carbonyl (C=O) groups is 1. The minimum absolute atomic E-state index is 0.0366. The number of carbonyl (C=O) groups excluding carboxylic acids is 1. The van der Waals surface area contributed by atoms with Crippen LogP contribution in [0, 0.1) is 0 Å². The highest BCUT2D eigenvalue weighted by Gasteiger charge is 2.49. The molecule has 0 heterocycles. The first-order valence-electron chi connectivity index (χ1n) is 11.2. The fourth-order valence-electron chi connectivity index (χ4n) is 5.10. The van der Waals surface area contributed by atoms with Crippen molar-refractivity contribution >= 4 is 19.0 Å². The van der Waals surface area contributed by atoms with Crippen molar-refractivity contribution in [3.63, 3.8) is 0 Å². The lowest BCUT2D eigenvalue weighted by molar-refractivity contribution is -0.0955. The molecular weight excluding hydrogens is 395 g/mol. The van der Waals surface area contributed by atoms with E-state index in [0.29, 0.717) is 31.4 Å². The maximum absolute atomic E-state index is 12.7. The molecular formula is C22H35BN4O4. The molecule has 8 nitrogen and oxygen atoms in total. The standard InChI is InChI=1S/C22H35BN4O4/c1-31-22-12-9-21(10-13-22,11-14-22)17-7-5-16(6-8-17)19(28)27-18(23(29)30)4-2-3-15-26-20(24)25/h5-8,18,29-30H,2-4,9-15H2,1H3,(H,27,28)(H4,24,25,26). The first-order chi connectivity index (χ1) is 14.8. The molecule has 1 amide bonds. The maximum atomic E-state index is 12.7. The first kappa shape index (κ1) is 23.6. The molecule has 1 aromatic carbocycles. The van der Waals surface area contributed by atoms with Crippen LogP contribution in [0.4, 0.5) is 0 Å². The predicted molar refractivity (Wildman–Crippen MR) is 122 cm³/mol. The Bertz CT molecular complexity index is 756. The minimum atomic E-state index is -1.63. The molecule has 0 aliphatic heterocycles. The van der Waals surface area contributed by atoms with Gasteiger partial charge in [-0.2, -0.15) is 0 Å². The summed E-state index contributed by atoms with van der Waals surface area (Å²) >= 11 is 0. The maximum Gasteiger partial charge on any atom is 0.475 e. The number of hydrogen-bond donors (Lipinski definition) is 5. The Hall–Kier alpha value is -2.10. The lowest BCUT2D eigenvalue weighted by Crippen LogP contribution is -2.49. The summed E-state index contributed by atoms with van der Waals surface area (Å²) in [6, 6.07) is 7.79. The van der Waals surface area contributed by atoms with Crippen LogP contribution in [0.15, 0.2) is 29.3 Å². The number of hydrogen-bond acceptors (Lipinski definition) is 5. The van der Waals surface area contributed by atoms with Crippen molar-refractivity contribution in [2.45, 2.75) is 74.7 Å². The van der Waals surface area contributed by atoms with Gasteiger partial charge in [-0.25, -0.2) is 0 Å². The third kappa shape index (κ3) is 5.58. The van der Waals surface area contributed by atoms with Crippen LogP contribution in [0.2, 0.25) is 0 Å². The molecule has 3 fully saturated rings. The largest absolute Gasteiger partial charge is 0.475 e. The van der Waals surface area contributed by atoms with Crippen LogP contribution in [0.25, 0.3) is 0 Å². The number of ether oxygens (including phenoxy) is 1. The van der Waals surface area contributed by atoms with Gasteiger partial charge in [-0.3, -0.25) is 9.79 Å². The first-order valence-corrected chi connectivity index (χ1v) is 11.2. The van der Waals surface area contributed by atoms with E-state index in [1.54, 1.807) is 0 Å². The fourth-order valence-corrected chi connectivity index (χ4v) is 5.10. The number of benzene rings is 1. The molecule has 1 atom stereocenters.